The number of benzene rings is 5. The molecule has 0 radical (unpaired) electrons. The summed E-state index contributed by atoms with van der Waals surface area (Å²) in [6.07, 6.45) is 3.83. The fraction of sp³-hybridized carbons (Fsp3) is 0.105. The van der Waals surface area contributed by atoms with Gasteiger partial charge in [-0.1, -0.05) is 108 Å². The summed E-state index contributed by atoms with van der Waals surface area (Å²) in [6.45, 7) is 0.485. The van der Waals surface area contributed by atoms with Crippen LogP contribution in [-0.4, -0.2) is 4.57 Å². The fourth-order valence-corrected chi connectivity index (χ4v) is 9.61. The van der Waals surface area contributed by atoms with Crippen LogP contribution in [0, 0.1) is 7.14 Å². The molecule has 0 bridgehead atoms. The summed E-state index contributed by atoms with van der Waals surface area (Å²) in [5.74, 6) is 0.859. The van der Waals surface area contributed by atoms with Gasteiger partial charge in [-0.2, -0.15) is 0 Å². The molecule has 220 valence electrons. The average molecular weight is 829 g/mol. The van der Waals surface area contributed by atoms with Crippen molar-refractivity contribution in [3.05, 3.63) is 169 Å². The molecule has 0 amide bonds. The zero-order chi connectivity index (χ0) is 30.5. The van der Waals surface area contributed by atoms with Crippen molar-refractivity contribution in [1.82, 2.24) is 4.57 Å². The Morgan fingerprint density at radius 3 is 2.44 bits per heavy atom. The van der Waals surface area contributed by atoms with Crippen LogP contribution in [0.1, 0.15) is 40.3 Å². The van der Waals surface area contributed by atoms with Crippen LogP contribution in [0.25, 0.3) is 22.5 Å². The molecule has 8 rings (SSSR count). The first-order chi connectivity index (χ1) is 22.0. The molecule has 2 aliphatic rings. The van der Waals surface area contributed by atoms with E-state index in [1.165, 1.54) is 38.8 Å². The van der Waals surface area contributed by atoms with Crippen LogP contribution in [0.15, 0.2) is 125 Å². The standard InChI is InChI=1S/C38H26I2N2O2S/c39-31-19-23(20-32(40)36(31)44-22-27-14-8-13-24-9-4-6-15-28(24)27)21-33-37(43)42-35(26-11-2-1-3-12-26)30-18-17-25-10-5-7-16-29(25)34(30)41-38(42)45-33/h1-16,19-21,35H,17-18,22H2/b33-21-/t35-/m1/s1. The normalized spacial score (nSPS) is 15.8. The first-order valence-electron chi connectivity index (χ1n) is 14.8. The molecule has 7 heteroatoms. The van der Waals surface area contributed by atoms with E-state index in [4.69, 9.17) is 9.73 Å². The molecule has 5 aromatic carbocycles. The van der Waals surface area contributed by atoms with Gasteiger partial charge in [0.15, 0.2) is 4.80 Å². The molecule has 1 aromatic heterocycles. The van der Waals surface area contributed by atoms with Crippen molar-refractivity contribution in [3.63, 3.8) is 0 Å². The first kappa shape index (κ1) is 28.9. The molecule has 4 nitrogen and oxygen atoms in total. The van der Waals surface area contributed by atoms with Gasteiger partial charge in [0.1, 0.15) is 12.4 Å². The summed E-state index contributed by atoms with van der Waals surface area (Å²) in [5.41, 5.74) is 7.98. The van der Waals surface area contributed by atoms with E-state index in [1.54, 1.807) is 0 Å². The molecule has 0 N–H and O–H groups in total. The Morgan fingerprint density at radius 2 is 1.60 bits per heavy atom. The number of aryl methyl sites for hydroxylation is 1. The summed E-state index contributed by atoms with van der Waals surface area (Å²) in [6, 6.07) is 37.6. The monoisotopic (exact) mass is 828 g/mol. The maximum atomic E-state index is 14.2. The third kappa shape index (κ3) is 5.28. The second-order valence-corrected chi connectivity index (χ2v) is 14.6. The molecule has 45 heavy (non-hydrogen) atoms. The lowest BCUT2D eigenvalue weighted by atomic mass is 9.83. The van der Waals surface area contributed by atoms with Gasteiger partial charge in [0.2, 0.25) is 0 Å². The van der Waals surface area contributed by atoms with E-state index >= 15 is 0 Å². The van der Waals surface area contributed by atoms with Crippen molar-refractivity contribution >= 4 is 79.1 Å². The molecule has 1 atom stereocenters. The van der Waals surface area contributed by atoms with Gasteiger partial charge in [-0.15, -0.1) is 0 Å². The predicted octanol–water partition coefficient (Wildman–Crippen LogP) is 8.26. The van der Waals surface area contributed by atoms with Gasteiger partial charge in [-0.05, 0) is 115 Å². The summed E-state index contributed by atoms with van der Waals surface area (Å²) < 4.78 is 11.0. The van der Waals surface area contributed by atoms with Crippen LogP contribution in [0.5, 0.6) is 5.75 Å². The van der Waals surface area contributed by atoms with Gasteiger partial charge >= 0.3 is 0 Å². The summed E-state index contributed by atoms with van der Waals surface area (Å²) in [7, 11) is 0. The molecule has 0 spiro atoms. The summed E-state index contributed by atoms with van der Waals surface area (Å²) in [5, 5.41) is 2.41. The highest BCUT2D eigenvalue weighted by atomic mass is 127. The Balaban J connectivity index is 1.18. The number of halogens is 2. The zero-order valence-electron chi connectivity index (χ0n) is 24.0. The Kier molecular flexibility index (Phi) is 7.71. The first-order valence-corrected chi connectivity index (χ1v) is 17.8. The van der Waals surface area contributed by atoms with Crippen LogP contribution in [0.3, 0.4) is 0 Å². The molecule has 6 aromatic rings. The van der Waals surface area contributed by atoms with Crippen LogP contribution < -0.4 is 19.6 Å². The van der Waals surface area contributed by atoms with Crippen molar-refractivity contribution < 1.29 is 4.74 Å². The fourth-order valence-electron chi connectivity index (χ4n) is 6.48. The van der Waals surface area contributed by atoms with Crippen LogP contribution in [0.4, 0.5) is 0 Å². The molecule has 0 saturated heterocycles. The van der Waals surface area contributed by atoms with Gasteiger partial charge in [-0.3, -0.25) is 9.36 Å². The predicted molar refractivity (Wildman–Crippen MR) is 199 cm³/mol. The minimum Gasteiger partial charge on any atom is -0.487 e. The number of nitrogens with zero attached hydrogens (tertiary/aromatic N) is 2. The van der Waals surface area contributed by atoms with Gasteiger partial charge in [0.05, 0.1) is 23.4 Å². The van der Waals surface area contributed by atoms with E-state index in [2.05, 4.69) is 148 Å². The molecular formula is C38H26I2N2O2S. The van der Waals surface area contributed by atoms with E-state index in [0.717, 1.165) is 52.9 Å². The second-order valence-electron chi connectivity index (χ2n) is 11.3. The third-order valence-corrected chi connectivity index (χ3v) is 11.1. The lowest BCUT2D eigenvalue weighted by molar-refractivity contribution is 0.303. The Bertz CT molecular complexity index is 2310. The van der Waals surface area contributed by atoms with Crippen molar-refractivity contribution in [2.75, 3.05) is 0 Å². The van der Waals surface area contributed by atoms with Gasteiger partial charge < -0.3 is 4.74 Å². The molecule has 1 aliphatic heterocycles. The van der Waals surface area contributed by atoms with Gasteiger partial charge in [0, 0.05) is 5.56 Å². The van der Waals surface area contributed by atoms with Gasteiger partial charge in [-0.25, -0.2) is 4.99 Å². The largest absolute Gasteiger partial charge is 0.487 e. The summed E-state index contributed by atoms with van der Waals surface area (Å²) in [4.78, 5) is 20.1. The van der Waals surface area contributed by atoms with E-state index < -0.39 is 0 Å². The van der Waals surface area contributed by atoms with Crippen molar-refractivity contribution in [3.8, 4) is 5.75 Å². The highest BCUT2D eigenvalue weighted by Gasteiger charge is 2.32. The topological polar surface area (TPSA) is 43.6 Å². The number of allylic oxidation sites excluding steroid dienone is 1. The SMILES string of the molecule is O=c1/c(=C/c2cc(I)c(OCc3cccc4ccccc34)c(I)c2)sc2n1[C@H](c1ccccc1)C1=C(N=2)c2ccccc2CC1. The minimum atomic E-state index is -0.168. The number of thiazole rings is 1. The van der Waals surface area contributed by atoms with E-state index in [1.807, 2.05) is 16.7 Å². The van der Waals surface area contributed by atoms with Crippen LogP contribution in [-0.2, 0) is 13.0 Å². The number of ether oxygens (including phenoxy) is 1. The quantitative estimate of drug-likeness (QED) is 0.165. The zero-order valence-corrected chi connectivity index (χ0v) is 29.2. The Hall–Kier alpha value is -3.54. The van der Waals surface area contributed by atoms with E-state index in [0.29, 0.717) is 11.1 Å². The number of aromatic nitrogens is 1. The molecule has 1 aliphatic carbocycles. The van der Waals surface area contributed by atoms with Crippen molar-refractivity contribution in [2.24, 2.45) is 4.99 Å². The van der Waals surface area contributed by atoms with E-state index in [-0.39, 0.29) is 11.6 Å². The average Bonchev–Trinajstić information content (AvgIpc) is 3.37. The maximum Gasteiger partial charge on any atom is 0.271 e. The van der Waals surface area contributed by atoms with Crippen LogP contribution >= 0.6 is 56.5 Å². The van der Waals surface area contributed by atoms with Gasteiger partial charge in [0.25, 0.3) is 5.56 Å². The van der Waals surface area contributed by atoms with Crippen molar-refractivity contribution in [1.29, 1.82) is 0 Å². The molecule has 0 unspecified atom stereocenters. The number of hydrogen-bond acceptors (Lipinski definition) is 4. The summed E-state index contributed by atoms with van der Waals surface area (Å²) >= 11 is 6.15. The molecule has 0 saturated carbocycles. The van der Waals surface area contributed by atoms with Crippen molar-refractivity contribution in [2.45, 2.75) is 25.5 Å². The lowest BCUT2D eigenvalue weighted by Crippen LogP contribution is -2.38. The van der Waals surface area contributed by atoms with E-state index in [9.17, 15) is 4.79 Å². The molecule has 0 fully saturated rings. The number of rotatable bonds is 5. The number of fused-ring (bicyclic) bond motifs is 4. The third-order valence-electron chi connectivity index (χ3n) is 8.56. The maximum absolute atomic E-state index is 14.2. The highest BCUT2D eigenvalue weighted by Crippen LogP contribution is 2.41. The Labute approximate surface area is 291 Å². The Morgan fingerprint density at radius 1 is 0.867 bits per heavy atom. The minimum absolute atomic E-state index is 0.000639. The molecular weight excluding hydrogens is 802 g/mol. The number of hydrogen-bond donors (Lipinski definition) is 0. The van der Waals surface area contributed by atoms with Crippen LogP contribution in [0.2, 0.25) is 0 Å². The highest BCUT2D eigenvalue weighted by molar-refractivity contribution is 14.1. The molecule has 2 heterocycles. The second kappa shape index (κ2) is 12.0. The lowest BCUT2D eigenvalue weighted by Gasteiger charge is -2.30. The smallest absolute Gasteiger partial charge is 0.271 e.